The molecule has 0 saturated carbocycles. The highest BCUT2D eigenvalue weighted by Gasteiger charge is 2.10. The Morgan fingerprint density at radius 2 is 2.19 bits per heavy atom. The van der Waals surface area contributed by atoms with Crippen LogP contribution in [-0.2, 0) is 0 Å². The summed E-state index contributed by atoms with van der Waals surface area (Å²) in [6.07, 6.45) is 0.808. The Labute approximate surface area is 134 Å². The van der Waals surface area contributed by atoms with E-state index in [1.54, 1.807) is 18.2 Å². The lowest BCUT2D eigenvalue weighted by Crippen LogP contribution is -2.12. The molecule has 0 radical (unpaired) electrons. The number of aliphatic hydroxyl groups excluding tert-OH is 1. The van der Waals surface area contributed by atoms with Crippen LogP contribution in [0.4, 0.5) is 5.82 Å². The van der Waals surface area contributed by atoms with Gasteiger partial charge in [0.25, 0.3) is 0 Å². The zero-order chi connectivity index (χ0) is 14.8. The normalized spacial score (nSPS) is 12.5. The average Bonchev–Trinajstić information content (AvgIpc) is 2.99. The van der Waals surface area contributed by atoms with E-state index in [4.69, 9.17) is 16.0 Å². The molecule has 2 aromatic heterocycles. The number of halogens is 2. The van der Waals surface area contributed by atoms with Gasteiger partial charge in [0.05, 0.1) is 16.8 Å². The minimum absolute atomic E-state index is 0.306. The molecule has 0 saturated heterocycles. The quantitative estimate of drug-likeness (QED) is 0.718. The van der Waals surface area contributed by atoms with Crippen molar-refractivity contribution in [3.05, 3.63) is 57.9 Å². The maximum absolute atomic E-state index is 9.96. The summed E-state index contributed by atoms with van der Waals surface area (Å²) in [5.74, 6) is 1.17. The third kappa shape index (κ3) is 3.20. The number of aromatic nitrogens is 1. The first-order chi connectivity index (χ1) is 10.1. The van der Waals surface area contributed by atoms with Gasteiger partial charge in [0.2, 0.25) is 0 Å². The van der Waals surface area contributed by atoms with E-state index < -0.39 is 6.10 Å². The highest BCUT2D eigenvalue weighted by Crippen LogP contribution is 2.28. The number of anilines is 1. The van der Waals surface area contributed by atoms with E-state index in [-0.39, 0.29) is 0 Å². The summed E-state index contributed by atoms with van der Waals surface area (Å²) in [5.41, 5.74) is 0.720. The molecular weight excluding hydrogens is 356 g/mol. The maximum Gasteiger partial charge on any atom is 0.134 e. The van der Waals surface area contributed by atoms with E-state index >= 15 is 0 Å². The summed E-state index contributed by atoms with van der Waals surface area (Å²) < 4.78 is 6.06. The van der Waals surface area contributed by atoms with Gasteiger partial charge in [-0.05, 0) is 36.4 Å². The van der Waals surface area contributed by atoms with E-state index in [1.165, 1.54) is 6.26 Å². The van der Waals surface area contributed by atoms with Gasteiger partial charge in [-0.25, -0.2) is 4.98 Å². The van der Waals surface area contributed by atoms with Gasteiger partial charge in [-0.2, -0.15) is 0 Å². The molecule has 108 valence electrons. The molecule has 0 aliphatic heterocycles. The van der Waals surface area contributed by atoms with Crippen LogP contribution in [0.1, 0.15) is 11.9 Å². The second-order valence-corrected chi connectivity index (χ2v) is 5.89. The fourth-order valence-electron chi connectivity index (χ4n) is 2.04. The molecule has 0 bridgehead atoms. The van der Waals surface area contributed by atoms with Crippen molar-refractivity contribution in [1.29, 1.82) is 0 Å². The van der Waals surface area contributed by atoms with Crippen molar-refractivity contribution in [2.75, 3.05) is 11.9 Å². The molecule has 4 nitrogen and oxygen atoms in total. The smallest absolute Gasteiger partial charge is 0.134 e. The number of aliphatic hydroxyl groups is 1. The van der Waals surface area contributed by atoms with Gasteiger partial charge in [-0.1, -0.05) is 27.5 Å². The second kappa shape index (κ2) is 6.05. The van der Waals surface area contributed by atoms with Crippen molar-refractivity contribution >= 4 is 44.3 Å². The zero-order valence-electron chi connectivity index (χ0n) is 10.9. The third-order valence-electron chi connectivity index (χ3n) is 3.06. The Morgan fingerprint density at radius 1 is 1.33 bits per heavy atom. The number of hydrogen-bond acceptors (Lipinski definition) is 4. The van der Waals surface area contributed by atoms with Crippen molar-refractivity contribution in [3.8, 4) is 0 Å². The van der Waals surface area contributed by atoms with E-state index in [1.807, 2.05) is 18.2 Å². The Morgan fingerprint density at radius 3 is 2.95 bits per heavy atom. The number of hydrogen-bond donors (Lipinski definition) is 2. The Bertz CT molecular complexity index is 762. The van der Waals surface area contributed by atoms with E-state index in [9.17, 15) is 5.11 Å². The summed E-state index contributed by atoms with van der Waals surface area (Å²) in [6, 6.07) is 11.0. The largest absolute Gasteiger partial charge is 0.467 e. The molecule has 2 N–H and O–H groups in total. The van der Waals surface area contributed by atoms with E-state index in [0.717, 1.165) is 15.4 Å². The van der Waals surface area contributed by atoms with Gasteiger partial charge >= 0.3 is 0 Å². The maximum atomic E-state index is 9.96. The van der Waals surface area contributed by atoms with Crippen LogP contribution in [0.15, 0.2) is 51.6 Å². The van der Waals surface area contributed by atoms with Crippen molar-refractivity contribution in [2.24, 2.45) is 0 Å². The minimum Gasteiger partial charge on any atom is -0.467 e. The van der Waals surface area contributed by atoms with Crippen LogP contribution in [0.3, 0.4) is 0 Å². The number of nitrogens with zero attached hydrogens (tertiary/aromatic N) is 1. The molecular formula is C15H12BrClN2O2. The fourth-order valence-corrected chi connectivity index (χ4v) is 2.91. The van der Waals surface area contributed by atoms with Crippen molar-refractivity contribution in [3.63, 3.8) is 0 Å². The summed E-state index contributed by atoms with van der Waals surface area (Å²) in [7, 11) is 0. The number of furan rings is 1. The van der Waals surface area contributed by atoms with Crippen LogP contribution >= 0.6 is 27.5 Å². The van der Waals surface area contributed by atoms with Crippen LogP contribution in [0.25, 0.3) is 10.9 Å². The molecule has 1 aromatic carbocycles. The molecule has 21 heavy (non-hydrogen) atoms. The van der Waals surface area contributed by atoms with E-state index in [2.05, 4.69) is 26.2 Å². The number of pyridine rings is 1. The van der Waals surface area contributed by atoms with Crippen molar-refractivity contribution < 1.29 is 9.52 Å². The molecule has 6 heteroatoms. The number of benzene rings is 1. The Kier molecular flexibility index (Phi) is 4.14. The first kappa shape index (κ1) is 14.4. The first-order valence-electron chi connectivity index (χ1n) is 6.34. The monoisotopic (exact) mass is 366 g/mol. The Hall–Kier alpha value is -1.56. The van der Waals surface area contributed by atoms with Crippen LogP contribution in [0.2, 0.25) is 5.02 Å². The molecule has 0 aliphatic rings. The molecule has 0 amide bonds. The average molecular weight is 368 g/mol. The number of fused-ring (bicyclic) bond motifs is 1. The highest BCUT2D eigenvalue weighted by atomic mass is 79.9. The number of nitrogens with one attached hydrogen (secondary N) is 1. The lowest BCUT2D eigenvalue weighted by atomic mass is 10.2. The highest BCUT2D eigenvalue weighted by molar-refractivity contribution is 9.10. The predicted octanol–water partition coefficient (Wildman–Crippen LogP) is 4.39. The molecule has 3 rings (SSSR count). The van der Waals surface area contributed by atoms with Gasteiger partial charge in [-0.3, -0.25) is 0 Å². The van der Waals surface area contributed by atoms with Crippen LogP contribution in [0.5, 0.6) is 0 Å². The molecule has 1 unspecified atom stereocenters. The lowest BCUT2D eigenvalue weighted by Gasteiger charge is -2.11. The minimum atomic E-state index is -0.724. The molecule has 0 fully saturated rings. The van der Waals surface area contributed by atoms with Crippen LogP contribution in [0, 0.1) is 0 Å². The SMILES string of the molecule is OC(CNc1ccc2cc(Br)cc(Cl)c2n1)c1ccco1. The standard InChI is InChI=1S/C15H12BrClN2O2/c16-10-6-9-3-4-14(19-15(9)11(17)7-10)18-8-12(20)13-2-1-5-21-13/h1-7,12,20H,8H2,(H,18,19). The Balaban J connectivity index is 1.78. The van der Waals surface area contributed by atoms with Crippen molar-refractivity contribution in [1.82, 2.24) is 4.98 Å². The lowest BCUT2D eigenvalue weighted by molar-refractivity contribution is 0.162. The molecule has 3 aromatic rings. The predicted molar refractivity (Wildman–Crippen MR) is 86.6 cm³/mol. The van der Waals surface area contributed by atoms with E-state index in [0.29, 0.717) is 23.1 Å². The van der Waals surface area contributed by atoms with Crippen LogP contribution < -0.4 is 5.32 Å². The fraction of sp³-hybridized carbons (Fsp3) is 0.133. The zero-order valence-corrected chi connectivity index (χ0v) is 13.2. The second-order valence-electron chi connectivity index (χ2n) is 4.57. The van der Waals surface area contributed by atoms with Gasteiger partial charge < -0.3 is 14.8 Å². The molecule has 1 atom stereocenters. The van der Waals surface area contributed by atoms with Gasteiger partial charge in [0.1, 0.15) is 17.7 Å². The topological polar surface area (TPSA) is 58.3 Å². The van der Waals surface area contributed by atoms with Crippen LogP contribution in [-0.4, -0.2) is 16.6 Å². The van der Waals surface area contributed by atoms with Gasteiger partial charge in [-0.15, -0.1) is 0 Å². The first-order valence-corrected chi connectivity index (χ1v) is 7.52. The molecule has 0 spiro atoms. The molecule has 0 aliphatic carbocycles. The van der Waals surface area contributed by atoms with Crippen molar-refractivity contribution in [2.45, 2.75) is 6.10 Å². The number of rotatable bonds is 4. The van der Waals surface area contributed by atoms with Gasteiger partial charge in [0.15, 0.2) is 0 Å². The van der Waals surface area contributed by atoms with Gasteiger partial charge in [0, 0.05) is 16.4 Å². The summed E-state index contributed by atoms with van der Waals surface area (Å²) in [4.78, 5) is 4.46. The summed E-state index contributed by atoms with van der Waals surface area (Å²) in [6.45, 7) is 0.306. The summed E-state index contributed by atoms with van der Waals surface area (Å²) >= 11 is 9.60. The summed E-state index contributed by atoms with van der Waals surface area (Å²) in [5, 5.41) is 14.6. The third-order valence-corrected chi connectivity index (χ3v) is 3.80. The molecule has 2 heterocycles.